The zero-order chi connectivity index (χ0) is 8.27. The first-order valence-corrected chi connectivity index (χ1v) is 3.71. The van der Waals surface area contributed by atoms with E-state index >= 15 is 0 Å². The van der Waals surface area contributed by atoms with Gasteiger partial charge in [-0.1, -0.05) is 6.58 Å². The van der Waals surface area contributed by atoms with Gasteiger partial charge in [0.05, 0.1) is 0 Å². The summed E-state index contributed by atoms with van der Waals surface area (Å²) in [4.78, 5) is 12.8. The zero-order valence-electron chi connectivity index (χ0n) is 6.75. The average Bonchev–Trinajstić information content (AvgIpc) is 2.81. The van der Waals surface area contributed by atoms with Crippen LogP contribution in [0.5, 0.6) is 0 Å². The van der Waals surface area contributed by atoms with Crippen molar-refractivity contribution < 1.29 is 9.53 Å². The van der Waals surface area contributed by atoms with Crippen LogP contribution in [0.15, 0.2) is 12.7 Å². The molecule has 3 nitrogen and oxygen atoms in total. The summed E-state index contributed by atoms with van der Waals surface area (Å²) in [6, 6.07) is 0.403. The van der Waals surface area contributed by atoms with E-state index in [0.717, 1.165) is 12.8 Å². The van der Waals surface area contributed by atoms with Crippen molar-refractivity contribution in [2.75, 3.05) is 13.8 Å². The number of nitrogens with zero attached hydrogens (tertiary/aromatic N) is 1. The summed E-state index contributed by atoms with van der Waals surface area (Å²) in [5.41, 5.74) is 0. The van der Waals surface area contributed by atoms with Crippen LogP contribution in [0.3, 0.4) is 0 Å². The van der Waals surface area contributed by atoms with Gasteiger partial charge in [-0.15, -0.1) is 0 Å². The van der Waals surface area contributed by atoms with Crippen LogP contribution >= 0.6 is 0 Å². The van der Waals surface area contributed by atoms with Crippen LogP contribution in [0.1, 0.15) is 12.8 Å². The third-order valence-corrected chi connectivity index (χ3v) is 1.71. The van der Waals surface area contributed by atoms with Gasteiger partial charge in [-0.25, -0.2) is 0 Å². The number of ether oxygens (including phenoxy) is 1. The monoisotopic (exact) mass is 155 g/mol. The SMILES string of the molecule is C=CC(=O)N(COC)C1CC1. The second kappa shape index (κ2) is 3.53. The van der Waals surface area contributed by atoms with Crippen LogP contribution in [0.4, 0.5) is 0 Å². The van der Waals surface area contributed by atoms with Gasteiger partial charge in [0, 0.05) is 13.2 Å². The van der Waals surface area contributed by atoms with Crippen LogP contribution in [0.25, 0.3) is 0 Å². The molecule has 1 aliphatic rings. The van der Waals surface area contributed by atoms with Gasteiger partial charge in [-0.2, -0.15) is 0 Å². The van der Waals surface area contributed by atoms with Gasteiger partial charge in [-0.3, -0.25) is 4.79 Å². The van der Waals surface area contributed by atoms with E-state index in [9.17, 15) is 4.79 Å². The molecule has 0 atom stereocenters. The van der Waals surface area contributed by atoms with Crippen molar-refractivity contribution in [3.8, 4) is 0 Å². The first-order chi connectivity index (χ1) is 5.29. The Bertz CT molecular complexity index is 163. The number of rotatable bonds is 4. The highest BCUT2D eigenvalue weighted by Gasteiger charge is 2.30. The Labute approximate surface area is 66.6 Å². The molecule has 0 spiro atoms. The molecule has 1 fully saturated rings. The van der Waals surface area contributed by atoms with Crippen molar-refractivity contribution in [1.82, 2.24) is 4.90 Å². The highest BCUT2D eigenvalue weighted by Crippen LogP contribution is 2.26. The number of amides is 1. The van der Waals surface area contributed by atoms with Crippen molar-refractivity contribution in [1.29, 1.82) is 0 Å². The van der Waals surface area contributed by atoms with E-state index in [4.69, 9.17) is 4.74 Å². The van der Waals surface area contributed by atoms with Crippen molar-refractivity contribution in [2.45, 2.75) is 18.9 Å². The summed E-state index contributed by atoms with van der Waals surface area (Å²) in [6.07, 6.45) is 3.53. The molecule has 0 N–H and O–H groups in total. The molecule has 1 saturated carbocycles. The lowest BCUT2D eigenvalue weighted by atomic mass is 10.5. The van der Waals surface area contributed by atoms with E-state index in [2.05, 4.69) is 6.58 Å². The van der Waals surface area contributed by atoms with E-state index in [0.29, 0.717) is 12.8 Å². The lowest BCUT2D eigenvalue weighted by Gasteiger charge is -2.18. The molecule has 0 heterocycles. The Kier molecular flexibility index (Phi) is 2.65. The molecule has 1 rings (SSSR count). The maximum absolute atomic E-state index is 11.1. The second-order valence-corrected chi connectivity index (χ2v) is 2.66. The van der Waals surface area contributed by atoms with Crippen molar-refractivity contribution in [2.24, 2.45) is 0 Å². The number of hydrogen-bond donors (Lipinski definition) is 0. The highest BCUT2D eigenvalue weighted by molar-refractivity contribution is 5.87. The van der Waals surface area contributed by atoms with Crippen LogP contribution in [-0.4, -0.2) is 30.7 Å². The minimum Gasteiger partial charge on any atom is -0.364 e. The smallest absolute Gasteiger partial charge is 0.248 e. The molecule has 11 heavy (non-hydrogen) atoms. The molecule has 0 aromatic heterocycles. The van der Waals surface area contributed by atoms with E-state index in [1.165, 1.54) is 6.08 Å². The molecule has 0 unspecified atom stereocenters. The first kappa shape index (κ1) is 8.27. The molecule has 0 aliphatic heterocycles. The summed E-state index contributed by atoms with van der Waals surface area (Å²) in [5.74, 6) is -0.0330. The quantitative estimate of drug-likeness (QED) is 0.443. The zero-order valence-corrected chi connectivity index (χ0v) is 6.75. The van der Waals surface area contributed by atoms with Crippen molar-refractivity contribution >= 4 is 5.91 Å². The molecule has 0 saturated heterocycles. The normalized spacial score (nSPS) is 16.1. The van der Waals surface area contributed by atoms with Crippen LogP contribution in [0.2, 0.25) is 0 Å². The lowest BCUT2D eigenvalue weighted by molar-refractivity contribution is -0.131. The second-order valence-electron chi connectivity index (χ2n) is 2.66. The van der Waals surface area contributed by atoms with E-state index in [1.54, 1.807) is 12.0 Å². The van der Waals surface area contributed by atoms with Crippen LogP contribution < -0.4 is 0 Å². The fraction of sp³-hybridized carbons (Fsp3) is 0.625. The lowest BCUT2D eigenvalue weighted by Crippen LogP contribution is -2.33. The summed E-state index contributed by atoms with van der Waals surface area (Å²) in [7, 11) is 1.59. The maximum atomic E-state index is 11.1. The molecule has 0 radical (unpaired) electrons. The van der Waals surface area contributed by atoms with Crippen molar-refractivity contribution in [3.63, 3.8) is 0 Å². The summed E-state index contributed by atoms with van der Waals surface area (Å²) >= 11 is 0. The van der Waals surface area contributed by atoms with Gasteiger partial charge < -0.3 is 9.64 Å². The Morgan fingerprint density at radius 1 is 1.82 bits per heavy atom. The first-order valence-electron chi connectivity index (χ1n) is 3.71. The van der Waals surface area contributed by atoms with E-state index in [1.807, 2.05) is 0 Å². The predicted molar refractivity (Wildman–Crippen MR) is 41.9 cm³/mol. The maximum Gasteiger partial charge on any atom is 0.248 e. The highest BCUT2D eigenvalue weighted by atomic mass is 16.5. The Hall–Kier alpha value is -0.830. The molecular weight excluding hydrogens is 142 g/mol. The van der Waals surface area contributed by atoms with Gasteiger partial charge in [0.2, 0.25) is 5.91 Å². The number of carbonyl (C=O) groups is 1. The Morgan fingerprint density at radius 2 is 2.45 bits per heavy atom. The number of carbonyl (C=O) groups excluding carboxylic acids is 1. The predicted octanol–water partition coefficient (Wildman–Crippen LogP) is 0.767. The fourth-order valence-corrected chi connectivity index (χ4v) is 0.992. The molecule has 62 valence electrons. The standard InChI is InChI=1S/C8H13NO2/c1-3-8(10)9(6-11-2)7-4-5-7/h3,7H,1,4-6H2,2H3. The molecule has 0 aromatic carbocycles. The summed E-state index contributed by atoms with van der Waals surface area (Å²) in [6.45, 7) is 3.81. The minimum atomic E-state index is -0.0330. The molecule has 1 amide bonds. The van der Waals surface area contributed by atoms with E-state index < -0.39 is 0 Å². The number of hydrogen-bond acceptors (Lipinski definition) is 2. The number of methoxy groups -OCH3 is 1. The Morgan fingerprint density at radius 3 is 2.82 bits per heavy atom. The van der Waals surface area contributed by atoms with Gasteiger partial charge in [0.15, 0.2) is 0 Å². The summed E-state index contributed by atoms with van der Waals surface area (Å²) < 4.78 is 4.89. The van der Waals surface area contributed by atoms with Gasteiger partial charge in [0.25, 0.3) is 0 Å². The molecule has 3 heteroatoms. The molecule has 0 bridgehead atoms. The van der Waals surface area contributed by atoms with Gasteiger partial charge >= 0.3 is 0 Å². The van der Waals surface area contributed by atoms with Crippen LogP contribution in [-0.2, 0) is 9.53 Å². The minimum absolute atomic E-state index is 0.0330. The largest absolute Gasteiger partial charge is 0.364 e. The molecule has 1 aliphatic carbocycles. The van der Waals surface area contributed by atoms with Crippen molar-refractivity contribution in [3.05, 3.63) is 12.7 Å². The third kappa shape index (κ3) is 2.05. The average molecular weight is 155 g/mol. The topological polar surface area (TPSA) is 29.5 Å². The fourth-order valence-electron chi connectivity index (χ4n) is 0.992. The molecular formula is C8H13NO2. The van der Waals surface area contributed by atoms with Gasteiger partial charge in [0.1, 0.15) is 6.73 Å². The third-order valence-electron chi connectivity index (χ3n) is 1.71. The molecule has 0 aromatic rings. The van der Waals surface area contributed by atoms with Crippen LogP contribution in [0, 0.1) is 0 Å². The summed E-state index contributed by atoms with van der Waals surface area (Å²) in [5, 5.41) is 0. The van der Waals surface area contributed by atoms with Gasteiger partial charge in [-0.05, 0) is 18.9 Å². The van der Waals surface area contributed by atoms with E-state index in [-0.39, 0.29) is 5.91 Å². The Balaban J connectivity index is 2.43.